The van der Waals surface area contributed by atoms with Gasteiger partial charge in [0.05, 0.1) is 12.3 Å². The fourth-order valence-electron chi connectivity index (χ4n) is 4.81. The van der Waals surface area contributed by atoms with Gasteiger partial charge in [-0.05, 0) is 43.2 Å². The molecular weight excluding hydrogens is 414 g/mol. The van der Waals surface area contributed by atoms with E-state index in [1.807, 2.05) is 78.7 Å². The van der Waals surface area contributed by atoms with Crippen LogP contribution in [0.3, 0.4) is 0 Å². The van der Waals surface area contributed by atoms with Gasteiger partial charge >= 0.3 is 0 Å². The summed E-state index contributed by atoms with van der Waals surface area (Å²) in [4.78, 5) is 33.3. The lowest BCUT2D eigenvalue weighted by Gasteiger charge is -2.42. The number of para-hydroxylation sites is 1. The van der Waals surface area contributed by atoms with Crippen molar-refractivity contribution < 1.29 is 14.0 Å². The molecule has 2 unspecified atom stereocenters. The number of amides is 2. The van der Waals surface area contributed by atoms with Gasteiger partial charge in [0.2, 0.25) is 5.91 Å². The van der Waals surface area contributed by atoms with Gasteiger partial charge in [-0.25, -0.2) is 0 Å². The largest absolute Gasteiger partial charge is 0.459 e. The molecule has 1 aliphatic heterocycles. The van der Waals surface area contributed by atoms with Gasteiger partial charge in [0.15, 0.2) is 5.76 Å². The summed E-state index contributed by atoms with van der Waals surface area (Å²) < 4.78 is 5.42. The van der Waals surface area contributed by atoms with Crippen molar-refractivity contribution in [2.45, 2.75) is 32.4 Å². The van der Waals surface area contributed by atoms with E-state index < -0.39 is 0 Å². The first-order valence-electron chi connectivity index (χ1n) is 11.0. The Balaban J connectivity index is 1.69. The van der Waals surface area contributed by atoms with Crippen LogP contribution in [-0.4, -0.2) is 22.8 Å². The van der Waals surface area contributed by atoms with Gasteiger partial charge in [0.25, 0.3) is 5.91 Å². The fourth-order valence-corrected chi connectivity index (χ4v) is 4.81. The van der Waals surface area contributed by atoms with E-state index in [4.69, 9.17) is 4.42 Å². The van der Waals surface area contributed by atoms with Crippen molar-refractivity contribution in [3.63, 3.8) is 0 Å². The normalized spacial score (nSPS) is 17.5. The van der Waals surface area contributed by atoms with Gasteiger partial charge in [-0.15, -0.1) is 0 Å². The van der Waals surface area contributed by atoms with Crippen LogP contribution in [0.2, 0.25) is 0 Å². The van der Waals surface area contributed by atoms with Gasteiger partial charge in [-0.2, -0.15) is 0 Å². The van der Waals surface area contributed by atoms with E-state index in [-0.39, 0.29) is 29.7 Å². The molecule has 33 heavy (non-hydrogen) atoms. The van der Waals surface area contributed by atoms with E-state index in [0.717, 1.165) is 22.4 Å². The molecule has 4 aromatic rings. The lowest BCUT2D eigenvalue weighted by molar-refractivity contribution is -0.117. The molecule has 6 nitrogen and oxygen atoms in total. The molecule has 0 radical (unpaired) electrons. The van der Waals surface area contributed by atoms with Crippen molar-refractivity contribution in [3.05, 3.63) is 96.6 Å². The highest BCUT2D eigenvalue weighted by Gasteiger charge is 2.41. The van der Waals surface area contributed by atoms with Crippen LogP contribution in [0, 0.1) is 0 Å². The molecule has 0 saturated carbocycles. The highest BCUT2D eigenvalue weighted by Crippen LogP contribution is 2.47. The zero-order chi connectivity index (χ0) is 22.9. The Morgan fingerprint density at radius 3 is 2.33 bits per heavy atom. The van der Waals surface area contributed by atoms with Crippen molar-refractivity contribution >= 4 is 23.3 Å². The smallest absolute Gasteiger partial charge is 0.295 e. The Hall–Kier alpha value is -4.06. The molecule has 2 aromatic heterocycles. The molecule has 2 aromatic carbocycles. The summed E-state index contributed by atoms with van der Waals surface area (Å²) in [5.74, 6) is 0.730. The maximum atomic E-state index is 13.4. The molecule has 166 valence electrons. The first-order valence-corrected chi connectivity index (χ1v) is 11.0. The van der Waals surface area contributed by atoms with Crippen LogP contribution in [0.5, 0.6) is 0 Å². The molecule has 0 saturated heterocycles. The minimum atomic E-state index is -0.239. The number of benzene rings is 2. The minimum absolute atomic E-state index is 0.0460. The molecule has 2 atom stereocenters. The molecule has 0 aliphatic carbocycles. The number of aromatic amines is 1. The summed E-state index contributed by atoms with van der Waals surface area (Å²) in [6.45, 7) is 3.59. The molecular formula is C27H25N3O3. The van der Waals surface area contributed by atoms with Crippen molar-refractivity contribution in [2.75, 3.05) is 9.80 Å². The fraction of sp³-hybridized carbons (Fsp3) is 0.185. The number of fused-ring (bicyclic) bond motifs is 1. The monoisotopic (exact) mass is 439 g/mol. The number of H-pyrrole nitrogens is 1. The summed E-state index contributed by atoms with van der Waals surface area (Å²) in [6, 6.07) is 22.7. The van der Waals surface area contributed by atoms with Crippen molar-refractivity contribution in [2.24, 2.45) is 0 Å². The topological polar surface area (TPSA) is 69.6 Å². The summed E-state index contributed by atoms with van der Waals surface area (Å²) in [6.07, 6.45) is 4.02. The number of nitrogens with zero attached hydrogens (tertiary/aromatic N) is 2. The first kappa shape index (κ1) is 20.8. The molecule has 2 amide bonds. The second kappa shape index (κ2) is 8.47. The highest BCUT2D eigenvalue weighted by atomic mass is 16.3. The Morgan fingerprint density at radius 2 is 1.70 bits per heavy atom. The molecule has 6 heteroatoms. The molecule has 0 bridgehead atoms. The van der Waals surface area contributed by atoms with Crippen molar-refractivity contribution in [1.82, 2.24) is 4.98 Å². The second-order valence-electron chi connectivity index (χ2n) is 8.31. The first-order chi connectivity index (χ1) is 16.1. The van der Waals surface area contributed by atoms with Crippen LogP contribution < -0.4 is 9.80 Å². The van der Waals surface area contributed by atoms with E-state index in [1.165, 1.54) is 6.26 Å². The van der Waals surface area contributed by atoms with Crippen LogP contribution in [0.4, 0.5) is 11.5 Å². The van der Waals surface area contributed by atoms with E-state index in [1.54, 1.807) is 24.0 Å². The molecule has 5 rings (SSSR count). The highest BCUT2D eigenvalue weighted by molar-refractivity contribution is 6.06. The number of carbonyl (C=O) groups excluding carboxylic acids is 2. The Morgan fingerprint density at radius 1 is 1.00 bits per heavy atom. The van der Waals surface area contributed by atoms with Crippen LogP contribution in [0.15, 0.2) is 89.7 Å². The third kappa shape index (κ3) is 3.63. The van der Waals surface area contributed by atoms with Crippen LogP contribution in [0.1, 0.15) is 42.4 Å². The molecule has 0 fully saturated rings. The van der Waals surface area contributed by atoms with Gasteiger partial charge in [0.1, 0.15) is 5.82 Å². The Labute approximate surface area is 192 Å². The number of furan rings is 1. The number of rotatable bonds is 4. The summed E-state index contributed by atoms with van der Waals surface area (Å²) in [7, 11) is 0. The Bertz CT molecular complexity index is 1260. The molecule has 3 heterocycles. The average molecular weight is 440 g/mol. The standard InChI is InChI=1S/C27H25N3O3/c1-18-16-23(30(19(2)31)21-12-7-4-8-13-21)25-22(20-10-5-3-6-11-20)17-28-26(25)29(18)27(32)24-14-9-15-33-24/h3-15,17-18,23,28H,16H2,1-2H3. The number of carbonyl (C=O) groups is 2. The third-order valence-corrected chi connectivity index (χ3v) is 6.20. The lowest BCUT2D eigenvalue weighted by Crippen LogP contribution is -2.47. The predicted molar refractivity (Wildman–Crippen MR) is 128 cm³/mol. The summed E-state index contributed by atoms with van der Waals surface area (Å²) in [5.41, 5.74) is 3.76. The summed E-state index contributed by atoms with van der Waals surface area (Å²) in [5, 5.41) is 0. The minimum Gasteiger partial charge on any atom is -0.459 e. The maximum absolute atomic E-state index is 13.4. The molecule has 1 N–H and O–H groups in total. The third-order valence-electron chi connectivity index (χ3n) is 6.20. The van der Waals surface area contributed by atoms with Crippen molar-refractivity contribution in [1.29, 1.82) is 0 Å². The summed E-state index contributed by atoms with van der Waals surface area (Å²) >= 11 is 0. The van der Waals surface area contributed by atoms with Crippen LogP contribution in [0.25, 0.3) is 11.1 Å². The van der Waals surface area contributed by atoms with Gasteiger partial charge in [-0.1, -0.05) is 48.5 Å². The van der Waals surface area contributed by atoms with E-state index in [9.17, 15) is 9.59 Å². The zero-order valence-electron chi connectivity index (χ0n) is 18.6. The number of hydrogen-bond acceptors (Lipinski definition) is 3. The average Bonchev–Trinajstić information content (AvgIpc) is 3.51. The predicted octanol–water partition coefficient (Wildman–Crippen LogP) is 5.81. The van der Waals surface area contributed by atoms with E-state index in [2.05, 4.69) is 4.98 Å². The van der Waals surface area contributed by atoms with Crippen LogP contribution >= 0.6 is 0 Å². The van der Waals surface area contributed by atoms with Gasteiger partial charge < -0.3 is 14.3 Å². The number of nitrogens with one attached hydrogen (secondary N) is 1. The lowest BCUT2D eigenvalue weighted by atomic mass is 9.88. The Kier molecular flexibility index (Phi) is 5.34. The number of aromatic nitrogens is 1. The van der Waals surface area contributed by atoms with Gasteiger partial charge in [0, 0.05) is 36.0 Å². The quantitative estimate of drug-likeness (QED) is 0.436. The number of hydrogen-bond donors (Lipinski definition) is 1. The number of anilines is 2. The zero-order valence-corrected chi connectivity index (χ0v) is 18.6. The molecule has 1 aliphatic rings. The molecule has 0 spiro atoms. The van der Waals surface area contributed by atoms with E-state index >= 15 is 0 Å². The van der Waals surface area contributed by atoms with Gasteiger partial charge in [-0.3, -0.25) is 14.5 Å². The van der Waals surface area contributed by atoms with Crippen molar-refractivity contribution in [3.8, 4) is 11.1 Å². The SMILES string of the molecule is CC(=O)N(c1ccccc1)C1CC(C)N(C(=O)c2ccco2)c2[nH]cc(-c3ccccc3)c21. The maximum Gasteiger partial charge on any atom is 0.295 e. The second-order valence-corrected chi connectivity index (χ2v) is 8.31. The van der Waals surface area contributed by atoms with Crippen LogP contribution in [-0.2, 0) is 4.79 Å². The van der Waals surface area contributed by atoms with E-state index in [0.29, 0.717) is 12.2 Å².